The van der Waals surface area contributed by atoms with Crippen LogP contribution in [0.1, 0.15) is 40.0 Å². The molecule has 1 atom stereocenters. The minimum Gasteiger partial charge on any atom is -0.288 e. The van der Waals surface area contributed by atoms with Gasteiger partial charge in [-0.3, -0.25) is 9.59 Å². The van der Waals surface area contributed by atoms with E-state index < -0.39 is 0 Å². The molecule has 2 aliphatic rings. The van der Waals surface area contributed by atoms with Crippen molar-refractivity contribution in [2.45, 2.75) is 40.0 Å². The molecule has 1 unspecified atom stereocenters. The minimum absolute atomic E-state index is 0.0593. The fraction of sp³-hybridized carbons (Fsp3) is 0.474. The summed E-state index contributed by atoms with van der Waals surface area (Å²) in [4.78, 5) is 22.8. The Hall–Kier alpha value is -1.71. The van der Waals surface area contributed by atoms with Crippen LogP contribution in [0.15, 0.2) is 23.3 Å². The van der Waals surface area contributed by atoms with Gasteiger partial charge < -0.3 is 0 Å². The molecule has 0 aromatic heterocycles. The molecule has 0 aromatic rings. The molecule has 0 bridgehead atoms. The second kappa shape index (κ2) is 7.03. The predicted molar refractivity (Wildman–Crippen MR) is 91.0 cm³/mol. The summed E-state index contributed by atoms with van der Waals surface area (Å²) < 4.78 is 0. The highest BCUT2D eigenvalue weighted by molar-refractivity contribution is 8.13. The van der Waals surface area contributed by atoms with Crippen molar-refractivity contribution in [3.05, 3.63) is 23.3 Å². The van der Waals surface area contributed by atoms with Crippen molar-refractivity contribution < 1.29 is 9.59 Å². The Bertz CT molecular complexity index is 672. The van der Waals surface area contributed by atoms with Crippen LogP contribution in [-0.2, 0) is 9.59 Å². The predicted octanol–water partition coefficient (Wildman–Crippen LogP) is 3.53. The fourth-order valence-electron chi connectivity index (χ4n) is 2.52. The minimum atomic E-state index is -0.350. The largest absolute Gasteiger partial charge is 0.288 e. The van der Waals surface area contributed by atoms with Gasteiger partial charge in [-0.1, -0.05) is 35.6 Å². The Morgan fingerprint density at radius 3 is 2.91 bits per heavy atom. The molecule has 0 aromatic carbocycles. The van der Waals surface area contributed by atoms with Crippen molar-refractivity contribution in [1.82, 2.24) is 0 Å². The van der Waals surface area contributed by atoms with E-state index in [1.54, 1.807) is 6.92 Å². The quantitative estimate of drug-likeness (QED) is 0.590. The number of hydrogen-bond acceptors (Lipinski definition) is 3. The summed E-state index contributed by atoms with van der Waals surface area (Å²) in [7, 11) is 0. The molecule has 0 saturated carbocycles. The monoisotopic (exact) mass is 312 g/mol. The first-order valence-corrected chi connectivity index (χ1v) is 8.46. The zero-order valence-corrected chi connectivity index (χ0v) is 14.1. The lowest BCUT2D eigenvalue weighted by Gasteiger charge is -2.14. The molecule has 0 spiro atoms. The summed E-state index contributed by atoms with van der Waals surface area (Å²) in [6, 6.07) is 0. The van der Waals surface area contributed by atoms with Gasteiger partial charge in [-0.05, 0) is 50.2 Å². The Morgan fingerprint density at radius 2 is 2.18 bits per heavy atom. The SMILES string of the molecule is CC(=O)SCCC1C=C2C#CC(C)(C)CC(=O)C#C/C=C\2C1. The number of ketones is 1. The summed E-state index contributed by atoms with van der Waals surface area (Å²) in [5.74, 6) is 13.2. The molecule has 2 aliphatic carbocycles. The first-order chi connectivity index (χ1) is 10.4. The lowest BCUT2D eigenvalue weighted by atomic mass is 9.87. The molecule has 0 saturated heterocycles. The van der Waals surface area contributed by atoms with Crippen molar-refractivity contribution in [2.24, 2.45) is 11.3 Å². The van der Waals surface area contributed by atoms with Crippen molar-refractivity contribution in [2.75, 3.05) is 5.75 Å². The molecular weight excluding hydrogens is 292 g/mol. The highest BCUT2D eigenvalue weighted by Gasteiger charge is 2.22. The Labute approximate surface area is 136 Å². The Morgan fingerprint density at radius 1 is 1.41 bits per heavy atom. The Balaban J connectivity index is 2.18. The van der Waals surface area contributed by atoms with Gasteiger partial charge in [0.1, 0.15) is 0 Å². The lowest BCUT2D eigenvalue weighted by molar-refractivity contribution is -0.115. The van der Waals surface area contributed by atoms with Gasteiger partial charge in [0.25, 0.3) is 0 Å². The van der Waals surface area contributed by atoms with Crippen LogP contribution in [0.3, 0.4) is 0 Å². The third kappa shape index (κ3) is 4.93. The van der Waals surface area contributed by atoms with E-state index in [2.05, 4.69) is 29.8 Å². The molecule has 22 heavy (non-hydrogen) atoms. The Kier molecular flexibility index (Phi) is 5.33. The molecule has 114 valence electrons. The second-order valence-electron chi connectivity index (χ2n) is 6.35. The molecule has 0 aliphatic heterocycles. The van der Waals surface area contributed by atoms with E-state index in [9.17, 15) is 9.59 Å². The van der Waals surface area contributed by atoms with Crippen molar-refractivity contribution in [3.63, 3.8) is 0 Å². The van der Waals surface area contributed by atoms with Gasteiger partial charge in [-0.2, -0.15) is 0 Å². The van der Waals surface area contributed by atoms with Gasteiger partial charge >= 0.3 is 0 Å². The summed E-state index contributed by atoms with van der Waals surface area (Å²) in [6.45, 7) is 5.55. The molecule has 2 rings (SSSR count). The molecule has 0 heterocycles. The summed E-state index contributed by atoms with van der Waals surface area (Å²) in [5, 5.41) is 0.162. The topological polar surface area (TPSA) is 34.1 Å². The average molecular weight is 312 g/mol. The maximum atomic E-state index is 11.8. The highest BCUT2D eigenvalue weighted by atomic mass is 32.2. The average Bonchev–Trinajstić information content (AvgIpc) is 2.77. The fourth-order valence-corrected chi connectivity index (χ4v) is 3.23. The third-order valence-corrected chi connectivity index (χ3v) is 4.47. The van der Waals surface area contributed by atoms with Gasteiger partial charge in [0.05, 0.1) is 0 Å². The van der Waals surface area contributed by atoms with Crippen LogP contribution in [0.4, 0.5) is 0 Å². The van der Waals surface area contributed by atoms with E-state index in [1.165, 1.54) is 11.8 Å². The zero-order valence-electron chi connectivity index (χ0n) is 13.3. The van der Waals surface area contributed by atoms with Crippen LogP contribution >= 0.6 is 11.8 Å². The molecular formula is C19H20O2S. The van der Waals surface area contributed by atoms with Crippen molar-refractivity contribution >= 4 is 22.7 Å². The number of Topliss-reactive ketones (excluding diaryl/α,β-unsaturated/α-hetero) is 1. The first-order valence-electron chi connectivity index (χ1n) is 7.48. The van der Waals surface area contributed by atoms with Gasteiger partial charge in [-0.25, -0.2) is 0 Å². The highest BCUT2D eigenvalue weighted by Crippen LogP contribution is 2.33. The summed E-state index contributed by atoms with van der Waals surface area (Å²) >= 11 is 1.37. The second-order valence-corrected chi connectivity index (χ2v) is 7.62. The van der Waals surface area contributed by atoms with E-state index in [4.69, 9.17) is 0 Å². The number of fused-ring (bicyclic) bond motifs is 1. The van der Waals surface area contributed by atoms with Gasteiger partial charge in [-0.15, -0.1) is 0 Å². The first kappa shape index (κ1) is 16.7. The normalized spacial score (nSPS) is 24.7. The molecule has 0 amide bonds. The van der Waals surface area contributed by atoms with E-state index in [0.29, 0.717) is 12.3 Å². The van der Waals surface area contributed by atoms with Crippen molar-refractivity contribution in [1.29, 1.82) is 0 Å². The number of hydrogen-bond donors (Lipinski definition) is 0. The van der Waals surface area contributed by atoms with Crippen LogP contribution in [-0.4, -0.2) is 16.7 Å². The van der Waals surface area contributed by atoms with Gasteiger partial charge in [0.15, 0.2) is 5.12 Å². The van der Waals surface area contributed by atoms with Crippen LogP contribution in [0, 0.1) is 35.0 Å². The molecule has 0 N–H and O–H groups in total. The van der Waals surface area contributed by atoms with Gasteiger partial charge in [0.2, 0.25) is 5.78 Å². The number of carbonyl (C=O) groups excluding carboxylic acids is 2. The molecule has 2 nitrogen and oxygen atoms in total. The van der Waals surface area contributed by atoms with Crippen molar-refractivity contribution in [3.8, 4) is 23.7 Å². The van der Waals surface area contributed by atoms with Crippen LogP contribution < -0.4 is 0 Å². The number of rotatable bonds is 3. The maximum absolute atomic E-state index is 11.8. The maximum Gasteiger partial charge on any atom is 0.207 e. The van der Waals surface area contributed by atoms with Crippen LogP contribution in [0.2, 0.25) is 0 Å². The van der Waals surface area contributed by atoms with E-state index in [-0.39, 0.29) is 16.3 Å². The molecule has 0 radical (unpaired) electrons. The zero-order chi connectivity index (χ0) is 16.2. The number of thioether (sulfide) groups is 1. The third-order valence-electron chi connectivity index (χ3n) is 3.62. The molecule has 0 fully saturated rings. The van der Waals surface area contributed by atoms with Crippen LogP contribution in [0.25, 0.3) is 0 Å². The number of carbonyl (C=O) groups is 2. The van der Waals surface area contributed by atoms with Crippen LogP contribution in [0.5, 0.6) is 0 Å². The standard InChI is InChI=1S/C19H20O2S/c1-14(20)22-10-8-15-11-16-5-4-6-18(21)13-19(2,3)9-7-17(16)12-15/h5,12,15H,8,10-11,13H2,1-3H3/b16-5-. The summed E-state index contributed by atoms with van der Waals surface area (Å²) in [5.41, 5.74) is 1.80. The molecule has 3 heteroatoms. The van der Waals surface area contributed by atoms with E-state index >= 15 is 0 Å². The van der Waals surface area contributed by atoms with E-state index in [1.807, 2.05) is 19.9 Å². The smallest absolute Gasteiger partial charge is 0.207 e. The number of allylic oxidation sites excluding steroid dienone is 4. The van der Waals surface area contributed by atoms with Gasteiger partial charge in [0, 0.05) is 30.1 Å². The lowest BCUT2D eigenvalue weighted by Crippen LogP contribution is -2.14. The van der Waals surface area contributed by atoms with E-state index in [0.717, 1.165) is 29.7 Å². The summed E-state index contributed by atoms with van der Waals surface area (Å²) in [6.07, 6.45) is 6.24.